The zero-order valence-corrected chi connectivity index (χ0v) is 11.2. The Morgan fingerprint density at radius 1 is 1.26 bits per heavy atom. The van der Waals surface area contributed by atoms with E-state index in [2.05, 4.69) is 11.8 Å². The van der Waals surface area contributed by atoms with Gasteiger partial charge >= 0.3 is 0 Å². The molecule has 3 nitrogen and oxygen atoms in total. The molecule has 3 N–H and O–H groups in total. The van der Waals surface area contributed by atoms with Crippen LogP contribution in [0.25, 0.3) is 0 Å². The third-order valence-corrected chi connectivity index (χ3v) is 3.41. The van der Waals surface area contributed by atoms with Gasteiger partial charge in [0, 0.05) is 4.88 Å². The summed E-state index contributed by atoms with van der Waals surface area (Å²) >= 11 is 1.60. The second-order valence-corrected chi connectivity index (χ2v) is 5.03. The topological polar surface area (TPSA) is 55.5 Å². The minimum absolute atomic E-state index is 0.0228. The zero-order valence-electron chi connectivity index (χ0n) is 10.4. The maximum Gasteiger partial charge on any atom is 0.122 e. The molecule has 0 saturated carbocycles. The summed E-state index contributed by atoms with van der Waals surface area (Å²) in [5.41, 5.74) is 6.18. The Morgan fingerprint density at radius 3 is 2.95 bits per heavy atom. The summed E-state index contributed by atoms with van der Waals surface area (Å²) < 4.78 is 5.68. The zero-order chi connectivity index (χ0) is 13.5. The van der Waals surface area contributed by atoms with Crippen LogP contribution < -0.4 is 10.5 Å². The molecule has 0 aliphatic heterocycles. The summed E-state index contributed by atoms with van der Waals surface area (Å²) in [6.07, 6.45) is 0. The summed E-state index contributed by atoms with van der Waals surface area (Å²) in [5.74, 6) is 6.58. The van der Waals surface area contributed by atoms with Crippen LogP contribution >= 0.6 is 11.3 Å². The van der Waals surface area contributed by atoms with Gasteiger partial charge in [-0.25, -0.2) is 0 Å². The molecular formula is C15H15NO2S. The van der Waals surface area contributed by atoms with Crippen LogP contribution in [-0.4, -0.2) is 11.7 Å². The number of rotatable bonds is 4. The average molecular weight is 273 g/mol. The minimum atomic E-state index is 0.0228. The molecule has 0 amide bonds. The summed E-state index contributed by atoms with van der Waals surface area (Å²) in [6, 6.07) is 11.4. The van der Waals surface area contributed by atoms with Gasteiger partial charge in [-0.2, -0.15) is 0 Å². The van der Waals surface area contributed by atoms with Crippen molar-refractivity contribution < 1.29 is 9.84 Å². The van der Waals surface area contributed by atoms with Gasteiger partial charge in [-0.15, -0.1) is 11.3 Å². The number of benzene rings is 1. The number of thiophene rings is 1. The van der Waals surface area contributed by atoms with E-state index >= 15 is 0 Å². The van der Waals surface area contributed by atoms with Crippen molar-refractivity contribution in [3.05, 3.63) is 51.7 Å². The van der Waals surface area contributed by atoms with Crippen molar-refractivity contribution >= 4 is 11.3 Å². The molecule has 0 radical (unpaired) electrons. The molecule has 98 valence electrons. The maximum atomic E-state index is 9.05. The summed E-state index contributed by atoms with van der Waals surface area (Å²) in [6.45, 7) is 0.899. The highest BCUT2D eigenvalue weighted by atomic mass is 32.1. The number of ether oxygens (including phenoxy) is 1. The lowest BCUT2D eigenvalue weighted by atomic mass is 10.2. The highest BCUT2D eigenvalue weighted by Gasteiger charge is 2.00. The molecule has 0 saturated heterocycles. The molecule has 1 aromatic heterocycles. The molecule has 1 aromatic carbocycles. The van der Waals surface area contributed by atoms with Crippen molar-refractivity contribution in [1.29, 1.82) is 0 Å². The van der Waals surface area contributed by atoms with E-state index in [1.807, 2.05) is 36.4 Å². The van der Waals surface area contributed by atoms with Gasteiger partial charge in [0.1, 0.15) is 12.4 Å². The lowest BCUT2D eigenvalue weighted by Crippen LogP contribution is -1.93. The fourth-order valence-corrected chi connectivity index (χ4v) is 2.34. The van der Waals surface area contributed by atoms with Gasteiger partial charge in [0.15, 0.2) is 0 Å². The van der Waals surface area contributed by atoms with Gasteiger partial charge in [-0.1, -0.05) is 24.0 Å². The predicted octanol–water partition coefficient (Wildman–Crippen LogP) is 2.13. The predicted molar refractivity (Wildman–Crippen MR) is 76.9 cm³/mol. The molecule has 2 rings (SSSR count). The Balaban J connectivity index is 1.96. The molecule has 0 spiro atoms. The van der Waals surface area contributed by atoms with Crippen molar-refractivity contribution in [3.63, 3.8) is 0 Å². The van der Waals surface area contributed by atoms with E-state index in [9.17, 15) is 0 Å². The van der Waals surface area contributed by atoms with Gasteiger partial charge in [-0.3, -0.25) is 0 Å². The highest BCUT2D eigenvalue weighted by molar-refractivity contribution is 7.12. The Morgan fingerprint density at radius 2 is 2.16 bits per heavy atom. The SMILES string of the molecule is NCC#Cc1ccc(COc2cccc(CO)c2)s1. The number of hydrogen-bond donors (Lipinski definition) is 2. The van der Waals surface area contributed by atoms with Crippen LogP contribution in [0.4, 0.5) is 0 Å². The molecule has 19 heavy (non-hydrogen) atoms. The first-order chi connectivity index (χ1) is 9.31. The van der Waals surface area contributed by atoms with E-state index in [0.29, 0.717) is 13.2 Å². The quantitative estimate of drug-likeness (QED) is 0.839. The molecule has 0 aliphatic carbocycles. The maximum absolute atomic E-state index is 9.05. The molecule has 0 unspecified atom stereocenters. The van der Waals surface area contributed by atoms with Crippen molar-refractivity contribution in [2.24, 2.45) is 5.73 Å². The molecule has 0 aliphatic rings. The standard InChI is InChI=1S/C15H15NO2S/c16-8-2-5-14-6-7-15(19-14)11-18-13-4-1-3-12(9-13)10-17/h1,3-4,6-7,9,17H,8,10-11,16H2. The smallest absolute Gasteiger partial charge is 0.122 e. The molecular weight excluding hydrogens is 258 g/mol. The van der Waals surface area contributed by atoms with E-state index in [0.717, 1.165) is 21.1 Å². The van der Waals surface area contributed by atoms with E-state index in [-0.39, 0.29) is 6.61 Å². The monoisotopic (exact) mass is 273 g/mol. The Kier molecular flexibility index (Phi) is 4.99. The lowest BCUT2D eigenvalue weighted by molar-refractivity contribution is 0.278. The summed E-state index contributed by atoms with van der Waals surface area (Å²) in [7, 11) is 0. The third kappa shape index (κ3) is 4.11. The minimum Gasteiger partial charge on any atom is -0.488 e. The molecule has 0 atom stereocenters. The van der Waals surface area contributed by atoms with Crippen molar-refractivity contribution in [3.8, 4) is 17.6 Å². The Hall–Kier alpha value is -1.80. The van der Waals surface area contributed by atoms with E-state index < -0.39 is 0 Å². The third-order valence-electron chi connectivity index (χ3n) is 2.44. The number of aliphatic hydroxyl groups is 1. The Bertz CT molecular complexity index is 595. The van der Waals surface area contributed by atoms with E-state index in [1.54, 1.807) is 11.3 Å². The van der Waals surface area contributed by atoms with Crippen molar-refractivity contribution in [2.45, 2.75) is 13.2 Å². The second-order valence-electron chi connectivity index (χ2n) is 3.87. The normalized spacial score (nSPS) is 9.79. The van der Waals surface area contributed by atoms with Gasteiger partial charge in [-0.05, 0) is 29.8 Å². The van der Waals surface area contributed by atoms with Crippen LogP contribution in [0.15, 0.2) is 36.4 Å². The van der Waals surface area contributed by atoms with Gasteiger partial charge in [0.2, 0.25) is 0 Å². The molecule has 0 bridgehead atoms. The molecule has 2 aromatic rings. The highest BCUT2D eigenvalue weighted by Crippen LogP contribution is 2.19. The largest absolute Gasteiger partial charge is 0.488 e. The van der Waals surface area contributed by atoms with E-state index in [4.69, 9.17) is 15.6 Å². The van der Waals surface area contributed by atoms with E-state index in [1.165, 1.54) is 0 Å². The number of aliphatic hydroxyl groups excluding tert-OH is 1. The molecule has 1 heterocycles. The fraction of sp³-hybridized carbons (Fsp3) is 0.200. The average Bonchev–Trinajstić information content (AvgIpc) is 2.91. The van der Waals surface area contributed by atoms with Gasteiger partial charge < -0.3 is 15.6 Å². The van der Waals surface area contributed by atoms with Crippen LogP contribution in [0.3, 0.4) is 0 Å². The first kappa shape index (κ1) is 13.6. The fourth-order valence-electron chi connectivity index (χ4n) is 1.55. The lowest BCUT2D eigenvalue weighted by Gasteiger charge is -2.05. The van der Waals surface area contributed by atoms with Crippen molar-refractivity contribution in [1.82, 2.24) is 0 Å². The van der Waals surface area contributed by atoms with Crippen LogP contribution in [-0.2, 0) is 13.2 Å². The van der Waals surface area contributed by atoms with Gasteiger partial charge in [0.25, 0.3) is 0 Å². The molecule has 0 fully saturated rings. The number of hydrogen-bond acceptors (Lipinski definition) is 4. The second kappa shape index (κ2) is 6.95. The van der Waals surface area contributed by atoms with Crippen molar-refractivity contribution in [2.75, 3.05) is 6.54 Å². The van der Waals surface area contributed by atoms with Crippen LogP contribution in [0.5, 0.6) is 5.75 Å². The Labute approximate surface area is 116 Å². The summed E-state index contributed by atoms with van der Waals surface area (Å²) in [5, 5.41) is 9.05. The first-order valence-corrected chi connectivity index (χ1v) is 6.73. The van der Waals surface area contributed by atoms with Crippen LogP contribution in [0.2, 0.25) is 0 Å². The first-order valence-electron chi connectivity index (χ1n) is 5.92. The molecule has 4 heteroatoms. The number of nitrogens with two attached hydrogens (primary N) is 1. The van der Waals surface area contributed by atoms with Crippen LogP contribution in [0, 0.1) is 11.8 Å². The van der Waals surface area contributed by atoms with Crippen LogP contribution in [0.1, 0.15) is 15.3 Å². The van der Waals surface area contributed by atoms with Gasteiger partial charge in [0.05, 0.1) is 18.0 Å². The summed E-state index contributed by atoms with van der Waals surface area (Å²) in [4.78, 5) is 2.10.